The van der Waals surface area contributed by atoms with Crippen LogP contribution in [0.1, 0.15) is 39.2 Å². The molecule has 1 saturated heterocycles. The number of amides is 1. The number of aryl methyl sites for hydroxylation is 1. The van der Waals surface area contributed by atoms with Crippen LogP contribution < -0.4 is 0 Å². The van der Waals surface area contributed by atoms with E-state index in [1.807, 2.05) is 0 Å². The lowest BCUT2D eigenvalue weighted by atomic mass is 10.0. The van der Waals surface area contributed by atoms with E-state index in [4.69, 9.17) is 16.3 Å². The first-order chi connectivity index (χ1) is 11.5. The van der Waals surface area contributed by atoms with Crippen molar-refractivity contribution in [2.75, 3.05) is 18.8 Å². The van der Waals surface area contributed by atoms with E-state index in [0.717, 1.165) is 12.8 Å². The summed E-state index contributed by atoms with van der Waals surface area (Å²) in [5, 5.41) is -0.134. The fourth-order valence-corrected chi connectivity index (χ4v) is 4.30. The van der Waals surface area contributed by atoms with Crippen molar-refractivity contribution in [3.05, 3.63) is 16.9 Å². The third kappa shape index (κ3) is 5.54. The number of nitrogens with zero attached hydrogens (tertiary/aromatic N) is 3. The van der Waals surface area contributed by atoms with Crippen molar-refractivity contribution in [1.29, 1.82) is 0 Å². The molecule has 1 aliphatic heterocycles. The number of rotatable bonds is 3. The molecule has 0 spiro atoms. The molecule has 0 aromatic carbocycles. The summed E-state index contributed by atoms with van der Waals surface area (Å²) in [5.41, 5.74) is 0.0390. The molecule has 25 heavy (non-hydrogen) atoms. The number of likely N-dealkylation sites (tertiary alicyclic amines) is 1. The molecule has 1 aromatic heterocycles. The Kier molecular flexibility index (Phi) is 5.93. The molecule has 7 nitrogen and oxygen atoms in total. The molecule has 0 radical (unpaired) electrons. The SMILES string of the molecule is Cc1cnc(S(=O)(=O)C[C@@H]2CCCN(C(=O)OC(C)(C)C)C2)nc1Cl. The molecular weight excluding hydrogens is 366 g/mol. The van der Waals surface area contributed by atoms with Crippen LogP contribution in [0, 0.1) is 12.8 Å². The second kappa shape index (κ2) is 7.45. The van der Waals surface area contributed by atoms with Crippen LogP contribution in [0.2, 0.25) is 5.15 Å². The Bertz CT molecular complexity index is 746. The molecule has 1 aliphatic rings. The second-order valence-electron chi connectivity index (χ2n) is 7.34. The van der Waals surface area contributed by atoms with Gasteiger partial charge in [0.25, 0.3) is 0 Å². The average molecular weight is 390 g/mol. The quantitative estimate of drug-likeness (QED) is 0.583. The maximum atomic E-state index is 12.6. The standard InChI is InChI=1S/C16H24ClN3O4S/c1-11-8-18-14(19-13(11)17)25(22,23)10-12-6-5-7-20(9-12)15(21)24-16(2,3)4/h8,12H,5-7,9-10H2,1-4H3/t12-/m1/s1. The van der Waals surface area contributed by atoms with Crippen LogP contribution in [0.4, 0.5) is 4.79 Å². The summed E-state index contributed by atoms with van der Waals surface area (Å²) in [6.45, 7) is 8.02. The van der Waals surface area contributed by atoms with Gasteiger partial charge in [-0.1, -0.05) is 11.6 Å². The zero-order valence-electron chi connectivity index (χ0n) is 15.0. The van der Waals surface area contributed by atoms with E-state index in [9.17, 15) is 13.2 Å². The smallest absolute Gasteiger partial charge is 0.410 e. The number of ether oxygens (including phenoxy) is 1. The summed E-state index contributed by atoms with van der Waals surface area (Å²) >= 11 is 5.90. The van der Waals surface area contributed by atoms with Gasteiger partial charge in [0, 0.05) is 24.8 Å². The van der Waals surface area contributed by atoms with Gasteiger partial charge in [0.15, 0.2) is 0 Å². The van der Waals surface area contributed by atoms with Crippen LogP contribution in [0.15, 0.2) is 11.4 Å². The minimum absolute atomic E-state index is 0.119. The fourth-order valence-electron chi connectivity index (χ4n) is 2.63. The van der Waals surface area contributed by atoms with Crippen molar-refractivity contribution in [1.82, 2.24) is 14.9 Å². The van der Waals surface area contributed by atoms with Crippen LogP contribution >= 0.6 is 11.6 Å². The second-order valence-corrected chi connectivity index (χ2v) is 9.63. The first-order valence-electron chi connectivity index (χ1n) is 8.18. The number of piperidine rings is 1. The van der Waals surface area contributed by atoms with Crippen LogP contribution in [-0.2, 0) is 14.6 Å². The molecule has 2 heterocycles. The number of aromatic nitrogens is 2. The lowest BCUT2D eigenvalue weighted by molar-refractivity contribution is 0.0176. The molecule has 0 N–H and O–H groups in total. The number of hydrogen-bond donors (Lipinski definition) is 0. The van der Waals surface area contributed by atoms with Crippen LogP contribution in [0.25, 0.3) is 0 Å². The zero-order valence-corrected chi connectivity index (χ0v) is 16.5. The van der Waals surface area contributed by atoms with Gasteiger partial charge in [0.05, 0.1) is 5.75 Å². The number of sulfone groups is 1. The summed E-state index contributed by atoms with van der Waals surface area (Å²) in [4.78, 5) is 21.5. The largest absolute Gasteiger partial charge is 0.444 e. The molecule has 1 amide bonds. The predicted octanol–water partition coefficient (Wildman–Crippen LogP) is 2.86. The molecule has 1 aromatic rings. The zero-order chi connectivity index (χ0) is 18.8. The first-order valence-corrected chi connectivity index (χ1v) is 10.2. The van der Waals surface area contributed by atoms with E-state index in [1.54, 1.807) is 32.6 Å². The maximum absolute atomic E-state index is 12.6. The van der Waals surface area contributed by atoms with E-state index in [-0.39, 0.29) is 22.0 Å². The Morgan fingerprint density at radius 3 is 2.72 bits per heavy atom. The lowest BCUT2D eigenvalue weighted by Crippen LogP contribution is -2.44. The normalized spacial score (nSPS) is 18.9. The van der Waals surface area contributed by atoms with E-state index in [2.05, 4.69) is 9.97 Å². The third-order valence-corrected chi connectivity index (χ3v) is 5.84. The van der Waals surface area contributed by atoms with E-state index in [1.165, 1.54) is 6.20 Å². The first kappa shape index (κ1) is 19.9. The van der Waals surface area contributed by atoms with Crippen LogP contribution in [-0.4, -0.2) is 53.8 Å². The Labute approximate surface area is 153 Å². The third-order valence-electron chi connectivity index (χ3n) is 3.79. The minimum atomic E-state index is -3.67. The van der Waals surface area contributed by atoms with Crippen molar-refractivity contribution in [3.8, 4) is 0 Å². The molecule has 9 heteroatoms. The van der Waals surface area contributed by atoms with Gasteiger partial charge in [-0.2, -0.15) is 0 Å². The van der Waals surface area contributed by atoms with Gasteiger partial charge in [-0.15, -0.1) is 0 Å². The Balaban J connectivity index is 2.06. The van der Waals surface area contributed by atoms with Gasteiger partial charge in [-0.05, 0) is 46.5 Å². The average Bonchev–Trinajstić information content (AvgIpc) is 2.48. The van der Waals surface area contributed by atoms with Gasteiger partial charge < -0.3 is 9.64 Å². The number of carbonyl (C=O) groups excluding carboxylic acids is 1. The van der Waals surface area contributed by atoms with Gasteiger partial charge in [0.2, 0.25) is 15.0 Å². The molecule has 140 valence electrons. The van der Waals surface area contributed by atoms with Crippen LogP contribution in [0.5, 0.6) is 0 Å². The molecule has 0 bridgehead atoms. The molecule has 0 aliphatic carbocycles. The molecule has 2 rings (SSSR count). The Morgan fingerprint density at radius 2 is 2.12 bits per heavy atom. The van der Waals surface area contributed by atoms with Crippen molar-refractivity contribution < 1.29 is 17.9 Å². The van der Waals surface area contributed by atoms with Crippen LogP contribution in [0.3, 0.4) is 0 Å². The predicted molar refractivity (Wildman–Crippen MR) is 94.4 cm³/mol. The van der Waals surface area contributed by atoms with E-state index in [0.29, 0.717) is 18.7 Å². The molecule has 1 atom stereocenters. The number of hydrogen-bond acceptors (Lipinski definition) is 6. The van der Waals surface area contributed by atoms with E-state index < -0.39 is 21.5 Å². The Hall–Kier alpha value is -1.41. The lowest BCUT2D eigenvalue weighted by Gasteiger charge is -2.33. The summed E-state index contributed by atoms with van der Waals surface area (Å²) in [7, 11) is -3.67. The molecule has 0 unspecified atom stereocenters. The molecule has 1 fully saturated rings. The van der Waals surface area contributed by atoms with Crippen molar-refractivity contribution >= 4 is 27.5 Å². The van der Waals surface area contributed by atoms with Gasteiger partial charge in [-0.3, -0.25) is 0 Å². The monoisotopic (exact) mass is 389 g/mol. The van der Waals surface area contributed by atoms with Gasteiger partial charge in [-0.25, -0.2) is 23.2 Å². The van der Waals surface area contributed by atoms with E-state index >= 15 is 0 Å². The van der Waals surface area contributed by atoms with Crippen molar-refractivity contribution in [2.45, 2.75) is 51.3 Å². The maximum Gasteiger partial charge on any atom is 0.410 e. The summed E-state index contributed by atoms with van der Waals surface area (Å²) in [5.74, 6) is -0.305. The summed E-state index contributed by atoms with van der Waals surface area (Å²) in [6, 6.07) is 0. The van der Waals surface area contributed by atoms with Crippen molar-refractivity contribution in [2.24, 2.45) is 5.92 Å². The van der Waals surface area contributed by atoms with Gasteiger partial charge >= 0.3 is 6.09 Å². The highest BCUT2D eigenvalue weighted by Gasteiger charge is 2.31. The van der Waals surface area contributed by atoms with Crippen molar-refractivity contribution in [3.63, 3.8) is 0 Å². The Morgan fingerprint density at radius 1 is 1.44 bits per heavy atom. The topological polar surface area (TPSA) is 89.5 Å². The highest BCUT2D eigenvalue weighted by atomic mass is 35.5. The number of carbonyl (C=O) groups is 1. The fraction of sp³-hybridized carbons (Fsp3) is 0.688. The summed E-state index contributed by atoms with van der Waals surface area (Å²) in [6.07, 6.45) is 2.44. The number of halogens is 1. The minimum Gasteiger partial charge on any atom is -0.444 e. The molecule has 0 saturated carbocycles. The molecular formula is C16H24ClN3O4S. The van der Waals surface area contributed by atoms with Gasteiger partial charge in [0.1, 0.15) is 10.8 Å². The summed E-state index contributed by atoms with van der Waals surface area (Å²) < 4.78 is 30.5. The highest BCUT2D eigenvalue weighted by molar-refractivity contribution is 7.91. The highest BCUT2D eigenvalue weighted by Crippen LogP contribution is 2.23.